The van der Waals surface area contributed by atoms with Crippen LogP contribution in [0.5, 0.6) is 11.6 Å². The zero-order valence-corrected chi connectivity index (χ0v) is 16.8. The van der Waals surface area contributed by atoms with Gasteiger partial charge in [0.2, 0.25) is 10.8 Å². The second-order valence-electron chi connectivity index (χ2n) is 7.14. The minimum absolute atomic E-state index is 0.0799. The summed E-state index contributed by atoms with van der Waals surface area (Å²) >= 11 is 1.49. The van der Waals surface area contributed by atoms with E-state index in [0.717, 1.165) is 29.3 Å². The van der Waals surface area contributed by atoms with E-state index < -0.39 is 0 Å². The van der Waals surface area contributed by atoms with Crippen LogP contribution in [0.25, 0.3) is 4.96 Å². The van der Waals surface area contributed by atoms with E-state index in [9.17, 15) is 5.11 Å². The van der Waals surface area contributed by atoms with Gasteiger partial charge in [-0.2, -0.15) is 4.52 Å². The molecular formula is C19H25N4O3S+. The van der Waals surface area contributed by atoms with E-state index in [0.29, 0.717) is 10.8 Å². The molecule has 2 aromatic heterocycles. The number of morpholine rings is 1. The Balaban J connectivity index is 1.87. The molecule has 0 saturated carbocycles. The second kappa shape index (κ2) is 7.10. The molecule has 1 fully saturated rings. The molecule has 2 N–H and O–H groups in total. The summed E-state index contributed by atoms with van der Waals surface area (Å²) in [5.41, 5.74) is 1.05. The summed E-state index contributed by atoms with van der Waals surface area (Å²) in [6.45, 7) is 7.72. The third-order valence-corrected chi connectivity index (χ3v) is 6.07. The molecule has 0 amide bonds. The van der Waals surface area contributed by atoms with Gasteiger partial charge in [-0.05, 0) is 32.9 Å². The van der Waals surface area contributed by atoms with E-state index in [1.54, 1.807) is 7.11 Å². The van der Waals surface area contributed by atoms with Crippen molar-refractivity contribution >= 4 is 16.3 Å². The number of thiazole rings is 1. The van der Waals surface area contributed by atoms with E-state index in [2.05, 4.69) is 30.0 Å². The molecule has 8 heteroatoms. The number of benzene rings is 1. The fourth-order valence-corrected chi connectivity index (χ4v) is 5.22. The highest BCUT2D eigenvalue weighted by atomic mass is 32.1. The van der Waals surface area contributed by atoms with Crippen LogP contribution in [0.4, 0.5) is 0 Å². The van der Waals surface area contributed by atoms with Crippen molar-refractivity contribution in [2.75, 3.05) is 20.2 Å². The van der Waals surface area contributed by atoms with Crippen molar-refractivity contribution < 1.29 is 19.5 Å². The first-order chi connectivity index (χ1) is 13.0. The minimum Gasteiger partial charge on any atom is -0.496 e. The first-order valence-corrected chi connectivity index (χ1v) is 9.97. The average molecular weight is 390 g/mol. The number of aryl methyl sites for hydroxylation is 1. The summed E-state index contributed by atoms with van der Waals surface area (Å²) in [5, 5.41) is 15.3. The predicted octanol–water partition coefficient (Wildman–Crippen LogP) is 1.59. The van der Waals surface area contributed by atoms with Gasteiger partial charge in [-0.1, -0.05) is 23.5 Å². The van der Waals surface area contributed by atoms with Crippen molar-refractivity contribution in [2.24, 2.45) is 0 Å². The number of quaternary nitrogens is 1. The number of aromatic nitrogens is 3. The van der Waals surface area contributed by atoms with Gasteiger partial charge in [-0.15, -0.1) is 5.10 Å². The van der Waals surface area contributed by atoms with Crippen LogP contribution in [0, 0.1) is 6.92 Å². The molecular weight excluding hydrogens is 364 g/mol. The molecule has 0 aliphatic carbocycles. The Morgan fingerprint density at radius 2 is 2.00 bits per heavy atom. The Morgan fingerprint density at radius 1 is 1.30 bits per heavy atom. The van der Waals surface area contributed by atoms with E-state index >= 15 is 0 Å². The fraction of sp³-hybridized carbons (Fsp3) is 0.474. The molecule has 0 spiro atoms. The number of fused-ring (bicyclic) bond motifs is 1. The van der Waals surface area contributed by atoms with E-state index in [-0.39, 0.29) is 24.1 Å². The van der Waals surface area contributed by atoms with Gasteiger partial charge in [0.25, 0.3) is 0 Å². The molecule has 1 saturated heterocycles. The lowest BCUT2D eigenvalue weighted by molar-refractivity contribution is -0.939. The molecule has 1 aliphatic rings. The van der Waals surface area contributed by atoms with Gasteiger partial charge in [0.05, 0.1) is 12.7 Å². The summed E-state index contributed by atoms with van der Waals surface area (Å²) < 4.78 is 13.1. The molecule has 1 aromatic carbocycles. The van der Waals surface area contributed by atoms with Crippen molar-refractivity contribution in [2.45, 2.75) is 39.0 Å². The highest BCUT2D eigenvalue weighted by Crippen LogP contribution is 2.38. The first-order valence-electron chi connectivity index (χ1n) is 9.16. The largest absolute Gasteiger partial charge is 0.496 e. The quantitative estimate of drug-likeness (QED) is 0.709. The Morgan fingerprint density at radius 3 is 2.67 bits per heavy atom. The number of methoxy groups -OCH3 is 1. The number of nitrogens with one attached hydrogen (secondary N) is 1. The van der Waals surface area contributed by atoms with Crippen LogP contribution in [0.15, 0.2) is 24.3 Å². The maximum Gasteiger partial charge on any atom is 0.235 e. The second-order valence-corrected chi connectivity index (χ2v) is 8.15. The Labute approximate surface area is 162 Å². The standard InChI is InChI=1S/C19H24N4O3S/c1-11-9-22(10-12(2)26-11)16(14-7-5-6-8-15(14)25-4)17-18(24)23-19(27-17)20-13(3)21-23/h5-8,11-12,16,24H,9-10H2,1-4H3/p+1/t11-,12+,16-/m1/s1. The van der Waals surface area contributed by atoms with Crippen LogP contribution in [0.3, 0.4) is 0 Å². The van der Waals surface area contributed by atoms with Crippen LogP contribution >= 0.6 is 11.3 Å². The molecule has 3 aromatic rings. The zero-order chi connectivity index (χ0) is 19.1. The minimum atomic E-state index is -0.0799. The normalized spacial score (nSPS) is 24.2. The molecule has 4 atom stereocenters. The topological polar surface area (TPSA) is 73.3 Å². The Kier molecular flexibility index (Phi) is 4.79. The number of hydrogen-bond donors (Lipinski definition) is 2. The van der Waals surface area contributed by atoms with Crippen LogP contribution < -0.4 is 9.64 Å². The van der Waals surface area contributed by atoms with Gasteiger partial charge >= 0.3 is 0 Å². The number of rotatable bonds is 4. The maximum atomic E-state index is 10.9. The lowest BCUT2D eigenvalue weighted by Crippen LogP contribution is -3.15. The molecule has 4 rings (SSSR count). The first kappa shape index (κ1) is 18.2. The van der Waals surface area contributed by atoms with Crippen molar-refractivity contribution in [3.8, 4) is 11.6 Å². The summed E-state index contributed by atoms with van der Waals surface area (Å²) in [6.07, 6.45) is 0.292. The molecule has 0 bridgehead atoms. The summed E-state index contributed by atoms with van der Waals surface area (Å²) in [6, 6.07) is 7.93. The van der Waals surface area contributed by atoms with Crippen molar-refractivity contribution in [3.63, 3.8) is 0 Å². The van der Waals surface area contributed by atoms with Gasteiger partial charge in [-0.25, -0.2) is 4.98 Å². The van der Waals surface area contributed by atoms with Crippen molar-refractivity contribution in [3.05, 3.63) is 40.5 Å². The lowest BCUT2D eigenvalue weighted by Gasteiger charge is -2.37. The average Bonchev–Trinajstić information content (AvgIpc) is 3.13. The lowest BCUT2D eigenvalue weighted by atomic mass is 10.0. The Hall–Kier alpha value is -2.16. The number of para-hydroxylation sites is 1. The molecule has 0 radical (unpaired) electrons. The highest BCUT2D eigenvalue weighted by molar-refractivity contribution is 7.17. The molecule has 1 unspecified atom stereocenters. The number of nitrogens with zero attached hydrogens (tertiary/aromatic N) is 3. The van der Waals surface area contributed by atoms with Crippen molar-refractivity contribution in [1.82, 2.24) is 14.6 Å². The zero-order valence-electron chi connectivity index (χ0n) is 16.0. The van der Waals surface area contributed by atoms with Gasteiger partial charge in [0, 0.05) is 0 Å². The summed E-state index contributed by atoms with van der Waals surface area (Å²) in [7, 11) is 1.68. The number of hydrogen-bond acceptors (Lipinski definition) is 6. The van der Waals surface area contributed by atoms with Crippen LogP contribution in [-0.4, -0.2) is 52.1 Å². The molecule has 3 heterocycles. The smallest absolute Gasteiger partial charge is 0.235 e. The van der Waals surface area contributed by atoms with Crippen LogP contribution in [0.2, 0.25) is 0 Å². The third kappa shape index (κ3) is 3.28. The van der Waals surface area contributed by atoms with Gasteiger partial charge in [0.15, 0.2) is 6.04 Å². The number of aromatic hydroxyl groups is 1. The van der Waals surface area contributed by atoms with Crippen LogP contribution in [-0.2, 0) is 4.74 Å². The summed E-state index contributed by atoms with van der Waals surface area (Å²) in [5.74, 6) is 1.63. The van der Waals surface area contributed by atoms with Gasteiger partial charge in [-0.3, -0.25) is 0 Å². The molecule has 27 heavy (non-hydrogen) atoms. The van der Waals surface area contributed by atoms with Gasteiger partial charge < -0.3 is 19.5 Å². The molecule has 144 valence electrons. The highest BCUT2D eigenvalue weighted by Gasteiger charge is 2.38. The van der Waals surface area contributed by atoms with Crippen LogP contribution in [0.1, 0.15) is 36.2 Å². The SMILES string of the molecule is COc1ccccc1[C@H](c1sc2nc(C)nn2c1O)[NH+]1C[C@@H](C)O[C@@H](C)C1. The van der Waals surface area contributed by atoms with Crippen molar-refractivity contribution in [1.29, 1.82) is 0 Å². The fourth-order valence-electron chi connectivity index (χ4n) is 4.04. The Bertz CT molecular complexity index is 944. The number of ether oxygens (including phenoxy) is 2. The summed E-state index contributed by atoms with van der Waals surface area (Å²) in [4.78, 5) is 7.32. The van der Waals surface area contributed by atoms with E-state index in [1.165, 1.54) is 20.8 Å². The molecule has 1 aliphatic heterocycles. The third-order valence-electron chi connectivity index (χ3n) is 4.99. The maximum absolute atomic E-state index is 10.9. The predicted molar refractivity (Wildman–Crippen MR) is 103 cm³/mol. The monoisotopic (exact) mass is 389 g/mol. The van der Waals surface area contributed by atoms with E-state index in [4.69, 9.17) is 9.47 Å². The van der Waals surface area contributed by atoms with Gasteiger partial charge in [0.1, 0.15) is 41.7 Å². The molecule has 7 nitrogen and oxygen atoms in total. The van der Waals surface area contributed by atoms with E-state index in [1.807, 2.05) is 25.1 Å².